The molecule has 0 saturated heterocycles. The van der Waals surface area contributed by atoms with Crippen molar-refractivity contribution in [1.29, 1.82) is 0 Å². The minimum atomic E-state index is -0.411. The molecule has 25 heavy (non-hydrogen) atoms. The number of nitrogens with one attached hydrogen (secondary N) is 1. The zero-order valence-electron chi connectivity index (χ0n) is 14.3. The predicted molar refractivity (Wildman–Crippen MR) is 99.7 cm³/mol. The fraction of sp³-hybridized carbons (Fsp3) is 0.429. The van der Waals surface area contributed by atoms with E-state index in [4.69, 9.17) is 11.6 Å². The Kier molecular flexibility index (Phi) is 4.51. The van der Waals surface area contributed by atoms with E-state index >= 15 is 0 Å². The van der Waals surface area contributed by atoms with E-state index in [0.29, 0.717) is 17.5 Å². The summed E-state index contributed by atoms with van der Waals surface area (Å²) in [4.78, 5) is 17.6. The van der Waals surface area contributed by atoms with Crippen LogP contribution in [0.15, 0.2) is 42.6 Å². The molecule has 1 heterocycles. The maximum absolute atomic E-state index is 13.0. The standard InChI is InChI=1S/C21H23ClN2O/c22-18-8-6-17(7-9-18)21(11-1-2-12-21)20(25)24-14-15-3-10-19(23-13-15)16-4-5-16/h3,6-10,13,16H,1-2,4-5,11-12,14H2,(H,24,25). The van der Waals surface area contributed by atoms with Crippen molar-refractivity contribution < 1.29 is 4.79 Å². The first-order valence-electron chi connectivity index (χ1n) is 9.17. The first kappa shape index (κ1) is 16.6. The van der Waals surface area contributed by atoms with Crippen LogP contribution in [0.4, 0.5) is 0 Å². The summed E-state index contributed by atoms with van der Waals surface area (Å²) in [6.45, 7) is 0.534. The summed E-state index contributed by atoms with van der Waals surface area (Å²) in [5.41, 5.74) is 2.91. The highest BCUT2D eigenvalue weighted by molar-refractivity contribution is 6.30. The van der Waals surface area contributed by atoms with E-state index in [1.807, 2.05) is 30.5 Å². The van der Waals surface area contributed by atoms with Crippen molar-refractivity contribution in [3.05, 3.63) is 64.4 Å². The van der Waals surface area contributed by atoms with Gasteiger partial charge in [-0.05, 0) is 55.0 Å². The monoisotopic (exact) mass is 354 g/mol. The molecule has 0 unspecified atom stereocenters. The molecule has 4 rings (SSSR count). The number of benzene rings is 1. The minimum absolute atomic E-state index is 0.124. The van der Waals surface area contributed by atoms with Crippen molar-refractivity contribution in [3.63, 3.8) is 0 Å². The van der Waals surface area contributed by atoms with Gasteiger partial charge in [0.1, 0.15) is 0 Å². The molecule has 1 aromatic heterocycles. The van der Waals surface area contributed by atoms with Gasteiger partial charge in [0.15, 0.2) is 0 Å². The molecule has 0 aliphatic heterocycles. The average Bonchev–Trinajstić information content (AvgIpc) is 3.37. The van der Waals surface area contributed by atoms with Crippen molar-refractivity contribution in [2.45, 2.75) is 56.4 Å². The molecule has 4 heteroatoms. The van der Waals surface area contributed by atoms with E-state index in [9.17, 15) is 4.79 Å². The van der Waals surface area contributed by atoms with Gasteiger partial charge in [0.05, 0.1) is 5.41 Å². The second-order valence-corrected chi connectivity index (χ2v) is 7.78. The van der Waals surface area contributed by atoms with Gasteiger partial charge < -0.3 is 5.32 Å². The predicted octanol–water partition coefficient (Wildman–Crippen LogP) is 4.74. The van der Waals surface area contributed by atoms with Gasteiger partial charge in [0.2, 0.25) is 5.91 Å². The molecule has 2 fully saturated rings. The molecule has 2 saturated carbocycles. The number of halogens is 1. The summed E-state index contributed by atoms with van der Waals surface area (Å²) in [5.74, 6) is 0.786. The van der Waals surface area contributed by atoms with Crippen molar-refractivity contribution in [3.8, 4) is 0 Å². The van der Waals surface area contributed by atoms with Crippen LogP contribution in [0.1, 0.15) is 61.3 Å². The minimum Gasteiger partial charge on any atom is -0.351 e. The van der Waals surface area contributed by atoms with Gasteiger partial charge in [0, 0.05) is 29.4 Å². The van der Waals surface area contributed by atoms with E-state index < -0.39 is 5.41 Å². The summed E-state index contributed by atoms with van der Waals surface area (Å²) < 4.78 is 0. The molecule has 2 aliphatic rings. The largest absolute Gasteiger partial charge is 0.351 e. The Balaban J connectivity index is 1.46. The molecular weight excluding hydrogens is 332 g/mol. The quantitative estimate of drug-likeness (QED) is 0.842. The van der Waals surface area contributed by atoms with Gasteiger partial charge in [-0.25, -0.2) is 0 Å². The molecular formula is C21H23ClN2O. The molecule has 0 atom stereocenters. The third kappa shape index (κ3) is 3.43. The lowest BCUT2D eigenvalue weighted by Gasteiger charge is -2.28. The van der Waals surface area contributed by atoms with Gasteiger partial charge >= 0.3 is 0 Å². The number of amides is 1. The number of carbonyl (C=O) groups excluding carboxylic acids is 1. The Morgan fingerprint density at radius 1 is 1.12 bits per heavy atom. The number of aromatic nitrogens is 1. The smallest absolute Gasteiger partial charge is 0.230 e. The number of nitrogens with zero attached hydrogens (tertiary/aromatic N) is 1. The highest BCUT2D eigenvalue weighted by atomic mass is 35.5. The number of hydrogen-bond donors (Lipinski definition) is 1. The van der Waals surface area contributed by atoms with Crippen LogP contribution < -0.4 is 5.32 Å². The SMILES string of the molecule is O=C(NCc1ccc(C2CC2)nc1)C1(c2ccc(Cl)cc2)CCCC1. The first-order chi connectivity index (χ1) is 12.2. The molecule has 0 spiro atoms. The van der Waals surface area contributed by atoms with Crippen LogP contribution in [-0.2, 0) is 16.8 Å². The van der Waals surface area contributed by atoms with E-state index in [2.05, 4.69) is 22.4 Å². The summed E-state index contributed by atoms with van der Waals surface area (Å²) in [6.07, 6.45) is 8.40. The van der Waals surface area contributed by atoms with Crippen molar-refractivity contribution in [1.82, 2.24) is 10.3 Å². The zero-order chi connectivity index (χ0) is 17.3. The van der Waals surface area contributed by atoms with E-state index in [-0.39, 0.29) is 5.91 Å². The third-order valence-corrected chi connectivity index (χ3v) is 5.84. The van der Waals surface area contributed by atoms with Crippen LogP contribution in [0.3, 0.4) is 0 Å². The number of carbonyl (C=O) groups is 1. The molecule has 1 amide bonds. The molecule has 130 valence electrons. The van der Waals surface area contributed by atoms with Crippen LogP contribution in [0, 0.1) is 0 Å². The molecule has 3 nitrogen and oxygen atoms in total. The topological polar surface area (TPSA) is 42.0 Å². The Bertz CT molecular complexity index is 744. The summed E-state index contributed by atoms with van der Waals surface area (Å²) in [7, 11) is 0. The number of hydrogen-bond acceptors (Lipinski definition) is 2. The maximum Gasteiger partial charge on any atom is 0.230 e. The lowest BCUT2D eigenvalue weighted by atomic mass is 9.78. The Labute approximate surface area is 153 Å². The first-order valence-corrected chi connectivity index (χ1v) is 9.54. The van der Waals surface area contributed by atoms with E-state index in [0.717, 1.165) is 36.8 Å². The molecule has 1 aromatic carbocycles. The van der Waals surface area contributed by atoms with Crippen LogP contribution in [0.5, 0.6) is 0 Å². The third-order valence-electron chi connectivity index (χ3n) is 5.58. The average molecular weight is 355 g/mol. The van der Waals surface area contributed by atoms with Crippen LogP contribution in [-0.4, -0.2) is 10.9 Å². The van der Waals surface area contributed by atoms with Gasteiger partial charge in [-0.15, -0.1) is 0 Å². The Morgan fingerprint density at radius 2 is 1.84 bits per heavy atom. The summed E-state index contributed by atoms with van der Waals surface area (Å²) >= 11 is 6.02. The van der Waals surface area contributed by atoms with Crippen LogP contribution >= 0.6 is 11.6 Å². The fourth-order valence-corrected chi connectivity index (χ4v) is 4.03. The van der Waals surface area contributed by atoms with Crippen LogP contribution in [0.25, 0.3) is 0 Å². The Hall–Kier alpha value is -1.87. The summed E-state index contributed by atoms with van der Waals surface area (Å²) in [5, 5.41) is 3.85. The Morgan fingerprint density at radius 3 is 2.44 bits per heavy atom. The number of pyridine rings is 1. The second-order valence-electron chi connectivity index (χ2n) is 7.34. The second kappa shape index (κ2) is 6.80. The molecule has 1 N–H and O–H groups in total. The fourth-order valence-electron chi connectivity index (χ4n) is 3.91. The van der Waals surface area contributed by atoms with Gasteiger partial charge in [-0.2, -0.15) is 0 Å². The summed E-state index contributed by atoms with van der Waals surface area (Å²) in [6, 6.07) is 11.9. The molecule has 0 radical (unpaired) electrons. The van der Waals surface area contributed by atoms with Gasteiger partial charge in [0.25, 0.3) is 0 Å². The normalized spacial score (nSPS) is 18.9. The lowest BCUT2D eigenvalue weighted by Crippen LogP contribution is -2.42. The molecule has 0 bridgehead atoms. The maximum atomic E-state index is 13.0. The highest BCUT2D eigenvalue weighted by Gasteiger charge is 2.42. The van der Waals surface area contributed by atoms with Crippen molar-refractivity contribution >= 4 is 17.5 Å². The lowest BCUT2D eigenvalue weighted by molar-refractivity contribution is -0.126. The highest BCUT2D eigenvalue weighted by Crippen LogP contribution is 2.42. The number of rotatable bonds is 5. The van der Waals surface area contributed by atoms with Crippen LogP contribution in [0.2, 0.25) is 5.02 Å². The zero-order valence-corrected chi connectivity index (χ0v) is 15.1. The van der Waals surface area contributed by atoms with Crippen molar-refractivity contribution in [2.75, 3.05) is 0 Å². The molecule has 2 aliphatic carbocycles. The molecule has 2 aromatic rings. The van der Waals surface area contributed by atoms with E-state index in [1.165, 1.54) is 18.5 Å². The van der Waals surface area contributed by atoms with Gasteiger partial charge in [-0.1, -0.05) is 42.6 Å². The van der Waals surface area contributed by atoms with E-state index in [1.54, 1.807) is 0 Å². The van der Waals surface area contributed by atoms with Gasteiger partial charge in [-0.3, -0.25) is 9.78 Å². The van der Waals surface area contributed by atoms with Crippen molar-refractivity contribution in [2.24, 2.45) is 0 Å².